The van der Waals surface area contributed by atoms with Crippen LogP contribution in [0.2, 0.25) is 0 Å². The number of ether oxygens (including phenoxy) is 1. The first-order valence-electron chi connectivity index (χ1n) is 18.3. The number of hydrogen-bond donors (Lipinski definition) is 5. The maximum atomic E-state index is 14.3. The molecule has 284 valence electrons. The quantitative estimate of drug-likeness (QED) is 0.219. The van der Waals surface area contributed by atoms with E-state index in [4.69, 9.17) is 10.5 Å². The number of nitrogens with two attached hydrogens (primary N) is 1. The third-order valence-corrected chi connectivity index (χ3v) is 9.64. The molecule has 1 aromatic heterocycles. The second-order valence-electron chi connectivity index (χ2n) is 13.5. The van der Waals surface area contributed by atoms with Crippen LogP contribution in [0.15, 0.2) is 48.7 Å². The number of nitrogens with zero attached hydrogens (tertiary/aromatic N) is 4. The second kappa shape index (κ2) is 18.9. The zero-order chi connectivity index (χ0) is 37.7. The van der Waals surface area contributed by atoms with Crippen LogP contribution in [0.4, 0.5) is 0 Å². The van der Waals surface area contributed by atoms with Crippen LogP contribution in [-0.2, 0) is 53.1 Å². The lowest BCUT2D eigenvalue weighted by atomic mass is 9.97. The molecule has 0 aliphatic carbocycles. The van der Waals surface area contributed by atoms with Gasteiger partial charge in [0.2, 0.25) is 35.4 Å². The molecule has 4 atom stereocenters. The van der Waals surface area contributed by atoms with E-state index >= 15 is 0 Å². The number of hydrogen-bond acceptors (Lipinski definition) is 9. The lowest BCUT2D eigenvalue weighted by molar-refractivity contribution is -0.140. The second-order valence-corrected chi connectivity index (χ2v) is 13.5. The predicted octanol–water partition coefficient (Wildman–Crippen LogP) is 0.612. The first-order chi connectivity index (χ1) is 25.6. The molecule has 2 aliphatic heterocycles. The highest BCUT2D eigenvalue weighted by atomic mass is 16.5. The van der Waals surface area contributed by atoms with Crippen LogP contribution in [0.5, 0.6) is 0 Å². The smallest absolute Gasteiger partial charge is 0.245 e. The summed E-state index contributed by atoms with van der Waals surface area (Å²) in [4.78, 5) is 81.4. The number of unbranched alkanes of at least 4 members (excludes halogenated alkanes) is 1. The number of nitrogens with one attached hydrogen (secondary N) is 4. The molecule has 0 saturated carbocycles. The van der Waals surface area contributed by atoms with Crippen molar-refractivity contribution in [2.24, 2.45) is 5.73 Å². The summed E-state index contributed by atoms with van der Waals surface area (Å²) < 4.78 is 7.59. The molecule has 6 amide bonds. The van der Waals surface area contributed by atoms with E-state index in [2.05, 4.69) is 31.6 Å². The number of carbonyl (C=O) groups is 6. The van der Waals surface area contributed by atoms with Crippen molar-refractivity contribution < 1.29 is 33.5 Å². The van der Waals surface area contributed by atoms with Gasteiger partial charge in [-0.1, -0.05) is 67.4 Å². The lowest BCUT2D eigenvalue weighted by Gasteiger charge is -2.28. The molecular weight excluding hydrogens is 682 g/mol. The van der Waals surface area contributed by atoms with Crippen LogP contribution in [0.3, 0.4) is 0 Å². The monoisotopic (exact) mass is 731 g/mol. The number of aromatic nitrogens is 3. The van der Waals surface area contributed by atoms with Crippen LogP contribution < -0.4 is 27.0 Å². The standard InChI is InChI=1S/C37H49N9O7/c1-2-3-14-28(34(38)49)41-36(51)30-23-53-22-26-20-40-44-46(26)18-7-6-16-32(47)39-21-33(48)45-17-9-15-31(45)37(52)42-29(35(50)43-30)19-25-12-8-11-24-10-4-5-13-27(24)25/h4-5,8,10-13,20,28-31H,2-3,6-7,9,14-19,21-23H2,1H3,(H2,38,49)(H,39,47)(H,41,51)(H,42,52)(H,43,50)/t28-,29-,30-,31-/m0/s1. The van der Waals surface area contributed by atoms with Crippen molar-refractivity contribution in [3.63, 3.8) is 0 Å². The normalized spacial score (nSPS) is 21.7. The van der Waals surface area contributed by atoms with Crippen molar-refractivity contribution in [1.82, 2.24) is 41.2 Å². The minimum Gasteiger partial charge on any atom is -0.372 e. The van der Waals surface area contributed by atoms with Crippen LogP contribution in [0, 0.1) is 0 Å². The van der Waals surface area contributed by atoms with Crippen LogP contribution in [-0.4, -0.2) is 99.2 Å². The molecule has 2 aromatic carbocycles. The van der Waals surface area contributed by atoms with E-state index in [9.17, 15) is 28.8 Å². The fraction of sp³-hybridized carbons (Fsp3) is 0.514. The minimum absolute atomic E-state index is 0.00197. The molecule has 1 saturated heterocycles. The molecule has 0 spiro atoms. The van der Waals surface area contributed by atoms with Gasteiger partial charge in [0, 0.05) is 25.9 Å². The van der Waals surface area contributed by atoms with E-state index in [0.717, 1.165) is 22.8 Å². The van der Waals surface area contributed by atoms with E-state index < -0.39 is 53.7 Å². The summed E-state index contributed by atoms with van der Waals surface area (Å²) in [7, 11) is 0. The highest BCUT2D eigenvalue weighted by Crippen LogP contribution is 2.22. The van der Waals surface area contributed by atoms with E-state index in [-0.39, 0.29) is 38.5 Å². The summed E-state index contributed by atoms with van der Waals surface area (Å²) in [5.41, 5.74) is 7.01. The van der Waals surface area contributed by atoms with E-state index in [1.165, 1.54) is 11.1 Å². The molecule has 53 heavy (non-hydrogen) atoms. The molecule has 3 aromatic rings. The van der Waals surface area contributed by atoms with Gasteiger partial charge < -0.3 is 36.6 Å². The Morgan fingerprint density at radius 3 is 2.64 bits per heavy atom. The number of primary amides is 1. The Hall–Kier alpha value is -5.38. The van der Waals surface area contributed by atoms with Gasteiger partial charge >= 0.3 is 0 Å². The first-order valence-corrected chi connectivity index (χ1v) is 18.3. The molecule has 2 aliphatic rings. The summed E-state index contributed by atoms with van der Waals surface area (Å²) in [6, 6.07) is 9.06. The fourth-order valence-corrected chi connectivity index (χ4v) is 6.70. The Balaban J connectivity index is 1.45. The van der Waals surface area contributed by atoms with Crippen LogP contribution in [0.1, 0.15) is 69.5 Å². The number of carbonyl (C=O) groups excluding carboxylic acids is 6. The van der Waals surface area contributed by atoms with E-state index in [0.29, 0.717) is 57.3 Å². The molecule has 3 heterocycles. The summed E-state index contributed by atoms with van der Waals surface area (Å²) in [5, 5.41) is 20.9. The molecular formula is C37H49N9O7. The third-order valence-electron chi connectivity index (χ3n) is 9.64. The van der Waals surface area contributed by atoms with Gasteiger partial charge in [-0.2, -0.15) is 0 Å². The average Bonchev–Trinajstić information content (AvgIpc) is 3.83. The predicted molar refractivity (Wildman–Crippen MR) is 193 cm³/mol. The highest BCUT2D eigenvalue weighted by molar-refractivity contribution is 5.96. The van der Waals surface area contributed by atoms with Crippen molar-refractivity contribution in [2.75, 3.05) is 19.7 Å². The highest BCUT2D eigenvalue weighted by Gasteiger charge is 2.37. The average molecular weight is 732 g/mol. The fourth-order valence-electron chi connectivity index (χ4n) is 6.70. The molecule has 16 heteroatoms. The van der Waals surface area contributed by atoms with E-state index in [1.807, 2.05) is 49.4 Å². The molecule has 6 N–H and O–H groups in total. The Labute approximate surface area is 307 Å². The summed E-state index contributed by atoms with van der Waals surface area (Å²) >= 11 is 0. The van der Waals surface area contributed by atoms with Gasteiger partial charge in [0.1, 0.15) is 24.2 Å². The Morgan fingerprint density at radius 1 is 1.02 bits per heavy atom. The maximum absolute atomic E-state index is 14.3. The molecule has 0 unspecified atom stereocenters. The number of aryl methyl sites for hydroxylation is 1. The zero-order valence-corrected chi connectivity index (χ0v) is 30.1. The topological polar surface area (TPSA) is 220 Å². The first kappa shape index (κ1) is 38.8. The van der Waals surface area contributed by atoms with Crippen LogP contribution >= 0.6 is 0 Å². The molecule has 1 fully saturated rings. The van der Waals surface area contributed by atoms with Crippen molar-refractivity contribution in [3.05, 3.63) is 59.9 Å². The van der Waals surface area contributed by atoms with Gasteiger partial charge in [0.15, 0.2) is 0 Å². The van der Waals surface area contributed by atoms with Gasteiger partial charge in [0.05, 0.1) is 31.6 Å². The SMILES string of the molecule is CCCC[C@H](NC(=O)[C@@H]1COCc2cnnn2CCCCC(=O)NCC(=O)N2CCC[C@H]2C(=O)N[C@@H](Cc2cccc3ccccc23)C(=O)N1)C(N)=O. The minimum atomic E-state index is -1.28. The summed E-state index contributed by atoms with van der Waals surface area (Å²) in [6.07, 6.45) is 5.60. The molecule has 5 rings (SSSR count). The van der Waals surface area contributed by atoms with Gasteiger partial charge in [-0.05, 0) is 48.4 Å². The Bertz CT molecular complexity index is 1770. The number of rotatable bonds is 8. The van der Waals surface area contributed by atoms with Crippen molar-refractivity contribution in [2.45, 2.75) is 102 Å². The summed E-state index contributed by atoms with van der Waals surface area (Å²) in [6.45, 7) is 2.17. The zero-order valence-electron chi connectivity index (χ0n) is 30.1. The van der Waals surface area contributed by atoms with Crippen molar-refractivity contribution in [3.8, 4) is 0 Å². The number of fused-ring (bicyclic) bond motifs is 3. The lowest BCUT2D eigenvalue weighted by Crippen LogP contribution is -2.59. The number of benzene rings is 2. The largest absolute Gasteiger partial charge is 0.372 e. The van der Waals surface area contributed by atoms with Crippen molar-refractivity contribution >= 4 is 46.2 Å². The molecule has 0 radical (unpaired) electrons. The Morgan fingerprint density at radius 2 is 1.83 bits per heavy atom. The van der Waals surface area contributed by atoms with Gasteiger partial charge in [0.25, 0.3) is 0 Å². The van der Waals surface area contributed by atoms with Gasteiger partial charge in [-0.25, -0.2) is 4.68 Å². The van der Waals surface area contributed by atoms with Gasteiger partial charge in [-0.3, -0.25) is 28.8 Å². The number of amides is 6. The van der Waals surface area contributed by atoms with Gasteiger partial charge in [-0.15, -0.1) is 5.10 Å². The summed E-state index contributed by atoms with van der Waals surface area (Å²) in [5.74, 6) is -3.26. The third kappa shape index (κ3) is 10.6. The van der Waals surface area contributed by atoms with E-state index in [1.54, 1.807) is 4.68 Å². The van der Waals surface area contributed by atoms with Crippen molar-refractivity contribution in [1.29, 1.82) is 0 Å². The van der Waals surface area contributed by atoms with Crippen LogP contribution in [0.25, 0.3) is 10.8 Å². The maximum Gasteiger partial charge on any atom is 0.245 e. The molecule has 0 bridgehead atoms. The Kier molecular flexibility index (Phi) is 13.9. The molecule has 16 nitrogen and oxygen atoms in total.